The number of rotatable bonds is 5. The fourth-order valence-electron chi connectivity index (χ4n) is 4.04. The molecule has 2 aromatic carbocycles. The lowest BCUT2D eigenvalue weighted by atomic mass is 9.79. The summed E-state index contributed by atoms with van der Waals surface area (Å²) in [5.41, 5.74) is 7.75. The standard InChI is InChI=1S/C21H20N4O4/c22-20(27)21(24-19(26)11-13-4-3-5-14(10-13)25(28)29)9-8-18-16(12-21)15-6-1-2-7-17(15)23-18/h1-7,10,12,18,23H,8-9,11H2,(H2,22,27)(H,24,26). The van der Waals surface area contributed by atoms with Crippen LogP contribution in [0.25, 0.3) is 5.57 Å². The van der Waals surface area contributed by atoms with Crippen molar-refractivity contribution in [1.82, 2.24) is 5.32 Å². The molecular formula is C21H20N4O4. The summed E-state index contributed by atoms with van der Waals surface area (Å²) in [5, 5.41) is 17.1. The van der Waals surface area contributed by atoms with Crippen molar-refractivity contribution in [2.45, 2.75) is 30.8 Å². The number of nitrogens with one attached hydrogen (secondary N) is 2. The van der Waals surface area contributed by atoms with Gasteiger partial charge in [0.15, 0.2) is 0 Å². The number of nitro groups is 1. The summed E-state index contributed by atoms with van der Waals surface area (Å²) in [5.74, 6) is -1.04. The maximum atomic E-state index is 12.7. The van der Waals surface area contributed by atoms with Crippen LogP contribution in [0.15, 0.2) is 54.6 Å². The Bertz CT molecular complexity index is 1050. The Kier molecular flexibility index (Phi) is 4.54. The van der Waals surface area contributed by atoms with Gasteiger partial charge in [-0.2, -0.15) is 0 Å². The monoisotopic (exact) mass is 392 g/mol. The molecule has 1 aliphatic heterocycles. The highest BCUT2D eigenvalue weighted by Gasteiger charge is 2.43. The maximum absolute atomic E-state index is 12.7. The maximum Gasteiger partial charge on any atom is 0.269 e. The Hall–Kier alpha value is -3.68. The Morgan fingerprint density at radius 2 is 2.03 bits per heavy atom. The second kappa shape index (κ2) is 7.05. The summed E-state index contributed by atoms with van der Waals surface area (Å²) in [6, 6.07) is 13.8. The number of carbonyl (C=O) groups excluding carboxylic acids is 2. The van der Waals surface area contributed by atoms with E-state index >= 15 is 0 Å². The van der Waals surface area contributed by atoms with Crippen LogP contribution in [0.2, 0.25) is 0 Å². The van der Waals surface area contributed by atoms with Crippen LogP contribution >= 0.6 is 0 Å². The van der Waals surface area contributed by atoms with E-state index in [4.69, 9.17) is 5.73 Å². The number of para-hydroxylation sites is 1. The lowest BCUT2D eigenvalue weighted by Gasteiger charge is -2.35. The molecule has 2 amide bonds. The Morgan fingerprint density at radius 3 is 2.79 bits per heavy atom. The number of hydrogen-bond acceptors (Lipinski definition) is 5. The van der Waals surface area contributed by atoms with Gasteiger partial charge in [0.1, 0.15) is 5.54 Å². The highest BCUT2D eigenvalue weighted by Crippen LogP contribution is 2.42. The van der Waals surface area contributed by atoms with Gasteiger partial charge in [-0.3, -0.25) is 19.7 Å². The van der Waals surface area contributed by atoms with Gasteiger partial charge in [-0.15, -0.1) is 0 Å². The molecule has 0 fully saturated rings. The molecule has 0 bridgehead atoms. The van der Waals surface area contributed by atoms with Crippen molar-refractivity contribution in [3.8, 4) is 0 Å². The zero-order valence-electron chi connectivity index (χ0n) is 15.6. The molecule has 2 unspecified atom stereocenters. The predicted molar refractivity (Wildman–Crippen MR) is 108 cm³/mol. The molecule has 148 valence electrons. The molecule has 0 radical (unpaired) electrons. The summed E-state index contributed by atoms with van der Waals surface area (Å²) < 4.78 is 0. The van der Waals surface area contributed by atoms with Crippen molar-refractivity contribution in [3.05, 3.63) is 75.8 Å². The van der Waals surface area contributed by atoms with Crippen molar-refractivity contribution >= 4 is 28.8 Å². The summed E-state index contributed by atoms with van der Waals surface area (Å²) in [4.78, 5) is 35.5. The predicted octanol–water partition coefficient (Wildman–Crippen LogP) is 2.15. The second-order valence-electron chi connectivity index (χ2n) is 7.37. The number of nitrogens with two attached hydrogens (primary N) is 1. The minimum Gasteiger partial charge on any atom is -0.378 e. The van der Waals surface area contributed by atoms with E-state index in [-0.39, 0.29) is 18.2 Å². The zero-order valence-corrected chi connectivity index (χ0v) is 15.6. The Morgan fingerprint density at radius 1 is 1.24 bits per heavy atom. The number of carbonyl (C=O) groups is 2. The molecule has 0 spiro atoms. The summed E-state index contributed by atoms with van der Waals surface area (Å²) in [6.07, 6.45) is 2.69. The molecule has 0 saturated carbocycles. The first kappa shape index (κ1) is 18.7. The number of benzene rings is 2. The van der Waals surface area contributed by atoms with Crippen LogP contribution in [0.4, 0.5) is 11.4 Å². The van der Waals surface area contributed by atoms with Gasteiger partial charge >= 0.3 is 0 Å². The molecule has 29 heavy (non-hydrogen) atoms. The summed E-state index contributed by atoms with van der Waals surface area (Å²) in [7, 11) is 0. The van der Waals surface area contributed by atoms with Crippen LogP contribution in [0.3, 0.4) is 0 Å². The zero-order chi connectivity index (χ0) is 20.6. The van der Waals surface area contributed by atoms with Crippen LogP contribution in [0.5, 0.6) is 0 Å². The van der Waals surface area contributed by atoms with Crippen molar-refractivity contribution in [2.24, 2.45) is 5.73 Å². The first-order valence-electron chi connectivity index (χ1n) is 9.31. The summed E-state index contributed by atoms with van der Waals surface area (Å²) in [6.45, 7) is 0. The Labute approximate surface area is 166 Å². The van der Waals surface area contributed by atoms with Gasteiger partial charge in [-0.25, -0.2) is 0 Å². The number of non-ortho nitro benzene ring substituents is 1. The van der Waals surface area contributed by atoms with Crippen LogP contribution in [0.1, 0.15) is 24.0 Å². The minimum absolute atomic E-state index is 0.0774. The third-order valence-electron chi connectivity index (χ3n) is 5.46. The SMILES string of the molecule is NC(=O)C1(NC(=O)Cc2cccc([N+](=O)[O-])c2)C=C2c3ccccc3NC2CC1. The highest BCUT2D eigenvalue weighted by molar-refractivity contribution is 5.98. The molecule has 2 aromatic rings. The van der Waals surface area contributed by atoms with Crippen molar-refractivity contribution in [2.75, 3.05) is 5.32 Å². The number of nitrogens with zero attached hydrogens (tertiary/aromatic N) is 1. The van der Waals surface area contributed by atoms with E-state index in [9.17, 15) is 19.7 Å². The van der Waals surface area contributed by atoms with Gasteiger partial charge in [0.05, 0.1) is 17.4 Å². The molecule has 0 aromatic heterocycles. The van der Waals surface area contributed by atoms with Crippen LogP contribution < -0.4 is 16.4 Å². The van der Waals surface area contributed by atoms with Gasteiger partial charge in [0.2, 0.25) is 11.8 Å². The number of hydrogen-bond donors (Lipinski definition) is 3. The Balaban J connectivity index is 1.59. The number of fused-ring (bicyclic) bond motifs is 3. The third-order valence-corrected chi connectivity index (χ3v) is 5.46. The lowest BCUT2D eigenvalue weighted by Crippen LogP contribution is -2.58. The van der Waals surface area contributed by atoms with E-state index < -0.39 is 22.3 Å². The normalized spacial score (nSPS) is 21.9. The topological polar surface area (TPSA) is 127 Å². The quantitative estimate of drug-likeness (QED) is 0.531. The molecule has 1 aliphatic carbocycles. The van der Waals surface area contributed by atoms with Crippen LogP contribution in [-0.4, -0.2) is 28.3 Å². The molecule has 4 rings (SSSR count). The highest BCUT2D eigenvalue weighted by atomic mass is 16.6. The average molecular weight is 392 g/mol. The van der Waals surface area contributed by atoms with Crippen molar-refractivity contribution in [1.29, 1.82) is 0 Å². The molecule has 2 atom stereocenters. The summed E-state index contributed by atoms with van der Waals surface area (Å²) >= 11 is 0. The average Bonchev–Trinajstić information content (AvgIpc) is 3.05. The molecule has 8 heteroatoms. The number of nitro benzene ring substituents is 1. The fourth-order valence-corrected chi connectivity index (χ4v) is 4.04. The van der Waals surface area contributed by atoms with Gasteiger partial charge in [0, 0.05) is 23.4 Å². The molecule has 0 saturated heterocycles. The molecule has 4 N–H and O–H groups in total. The van der Waals surface area contributed by atoms with Crippen molar-refractivity contribution < 1.29 is 14.5 Å². The largest absolute Gasteiger partial charge is 0.378 e. The number of amides is 2. The molecular weight excluding hydrogens is 372 g/mol. The first-order valence-corrected chi connectivity index (χ1v) is 9.31. The van der Waals surface area contributed by atoms with E-state index in [1.807, 2.05) is 24.3 Å². The van der Waals surface area contributed by atoms with E-state index in [0.717, 1.165) is 16.8 Å². The minimum atomic E-state index is -1.29. The van der Waals surface area contributed by atoms with E-state index in [1.165, 1.54) is 18.2 Å². The molecule has 1 heterocycles. The second-order valence-corrected chi connectivity index (χ2v) is 7.37. The first-order chi connectivity index (χ1) is 13.9. The van der Waals surface area contributed by atoms with Crippen LogP contribution in [-0.2, 0) is 16.0 Å². The van der Waals surface area contributed by atoms with Crippen LogP contribution in [0, 0.1) is 10.1 Å². The molecule has 8 nitrogen and oxygen atoms in total. The fraction of sp³-hybridized carbons (Fsp3) is 0.238. The van der Waals surface area contributed by atoms with E-state index in [1.54, 1.807) is 12.1 Å². The van der Waals surface area contributed by atoms with Crippen molar-refractivity contribution in [3.63, 3.8) is 0 Å². The van der Waals surface area contributed by atoms with Gasteiger partial charge < -0.3 is 16.4 Å². The number of anilines is 1. The van der Waals surface area contributed by atoms with Gasteiger partial charge in [0.25, 0.3) is 5.69 Å². The van der Waals surface area contributed by atoms with E-state index in [0.29, 0.717) is 18.4 Å². The van der Waals surface area contributed by atoms with Gasteiger partial charge in [-0.05, 0) is 36.1 Å². The third kappa shape index (κ3) is 3.44. The van der Waals surface area contributed by atoms with E-state index in [2.05, 4.69) is 10.6 Å². The smallest absolute Gasteiger partial charge is 0.269 e. The van der Waals surface area contributed by atoms with Gasteiger partial charge in [-0.1, -0.05) is 30.3 Å². The number of primary amides is 1. The lowest BCUT2D eigenvalue weighted by molar-refractivity contribution is -0.384. The molecule has 2 aliphatic rings.